The monoisotopic (exact) mass is 330 g/mol. The minimum Gasteiger partial charge on any atom is -0.356 e. The lowest BCUT2D eigenvalue weighted by Crippen LogP contribution is -2.30. The van der Waals surface area contributed by atoms with Crippen LogP contribution in [0.1, 0.15) is 24.8 Å². The van der Waals surface area contributed by atoms with E-state index in [0.717, 1.165) is 35.2 Å². The van der Waals surface area contributed by atoms with Crippen LogP contribution in [0.15, 0.2) is 41.7 Å². The molecule has 7 heteroatoms. The fourth-order valence-electron chi connectivity index (χ4n) is 2.58. The van der Waals surface area contributed by atoms with Gasteiger partial charge in [0.25, 0.3) is 5.69 Å². The van der Waals surface area contributed by atoms with Crippen LogP contribution in [0.3, 0.4) is 0 Å². The Morgan fingerprint density at radius 3 is 2.57 bits per heavy atom. The molecule has 0 aliphatic carbocycles. The maximum atomic E-state index is 10.7. The van der Waals surface area contributed by atoms with Gasteiger partial charge in [-0.15, -0.1) is 11.8 Å². The van der Waals surface area contributed by atoms with Gasteiger partial charge in [0, 0.05) is 37.0 Å². The van der Waals surface area contributed by atoms with Crippen LogP contribution in [0, 0.1) is 10.1 Å². The number of hydrogen-bond acceptors (Lipinski definition) is 6. The van der Waals surface area contributed by atoms with E-state index < -0.39 is 0 Å². The largest absolute Gasteiger partial charge is 0.356 e. The molecule has 0 spiro atoms. The van der Waals surface area contributed by atoms with Gasteiger partial charge in [-0.2, -0.15) is 0 Å². The first-order valence-corrected chi connectivity index (χ1v) is 8.64. The van der Waals surface area contributed by atoms with Crippen molar-refractivity contribution in [2.75, 3.05) is 18.0 Å². The molecule has 1 aliphatic heterocycles. The highest BCUT2D eigenvalue weighted by molar-refractivity contribution is 7.98. The molecule has 1 fully saturated rings. The molecule has 0 radical (unpaired) electrons. The zero-order chi connectivity index (χ0) is 16.1. The third kappa shape index (κ3) is 4.19. The molecule has 0 N–H and O–H groups in total. The van der Waals surface area contributed by atoms with Gasteiger partial charge < -0.3 is 4.90 Å². The molecule has 120 valence electrons. The highest BCUT2D eigenvalue weighted by Gasteiger charge is 2.13. The van der Waals surface area contributed by atoms with Crippen LogP contribution in [0.4, 0.5) is 11.5 Å². The van der Waals surface area contributed by atoms with Crippen molar-refractivity contribution in [3.63, 3.8) is 0 Å². The molecule has 0 amide bonds. The van der Waals surface area contributed by atoms with Crippen LogP contribution in [0.25, 0.3) is 0 Å². The molecule has 0 unspecified atom stereocenters. The fraction of sp³-hybridized carbons (Fsp3) is 0.375. The molecule has 2 aromatic rings. The molecular weight excluding hydrogens is 312 g/mol. The minimum atomic E-state index is -0.383. The highest BCUT2D eigenvalue weighted by atomic mass is 32.2. The molecule has 1 aliphatic rings. The van der Waals surface area contributed by atoms with Gasteiger partial charge in [0.1, 0.15) is 17.2 Å². The summed E-state index contributed by atoms with van der Waals surface area (Å²) in [5.74, 6) is 1.72. The van der Waals surface area contributed by atoms with Gasteiger partial charge in [0.2, 0.25) is 0 Å². The number of non-ortho nitro benzene ring substituents is 1. The second kappa shape index (κ2) is 7.41. The van der Waals surface area contributed by atoms with Crippen LogP contribution in [-0.4, -0.2) is 28.0 Å². The van der Waals surface area contributed by atoms with Gasteiger partial charge >= 0.3 is 0 Å². The second-order valence-corrected chi connectivity index (χ2v) is 6.47. The first kappa shape index (κ1) is 15.7. The summed E-state index contributed by atoms with van der Waals surface area (Å²) in [7, 11) is 0. The molecular formula is C16H18N4O2S. The Labute approximate surface area is 139 Å². The predicted octanol–water partition coefficient (Wildman–Crippen LogP) is 3.67. The molecule has 2 heterocycles. The smallest absolute Gasteiger partial charge is 0.269 e. The Morgan fingerprint density at radius 2 is 1.87 bits per heavy atom. The number of aromatic nitrogens is 2. The number of nitro benzene ring substituents is 1. The van der Waals surface area contributed by atoms with Gasteiger partial charge in [-0.3, -0.25) is 10.1 Å². The summed E-state index contributed by atoms with van der Waals surface area (Å²) in [4.78, 5) is 21.3. The van der Waals surface area contributed by atoms with E-state index in [2.05, 4.69) is 14.9 Å². The maximum absolute atomic E-state index is 10.7. The minimum absolute atomic E-state index is 0.119. The van der Waals surface area contributed by atoms with Gasteiger partial charge in [-0.1, -0.05) is 12.1 Å². The van der Waals surface area contributed by atoms with Crippen LogP contribution >= 0.6 is 11.8 Å². The molecule has 23 heavy (non-hydrogen) atoms. The maximum Gasteiger partial charge on any atom is 0.269 e. The van der Waals surface area contributed by atoms with Crippen LogP contribution in [0.2, 0.25) is 0 Å². The Balaban J connectivity index is 1.62. The van der Waals surface area contributed by atoms with E-state index in [1.165, 1.54) is 31.4 Å². The third-order valence-electron chi connectivity index (χ3n) is 3.84. The standard InChI is InChI=1S/C16H18N4O2S/c21-20(22)14-6-4-13(5-7-14)11-23-16-10-15(17-12-18-16)19-8-2-1-3-9-19/h4-7,10,12H,1-3,8-9,11H2. The second-order valence-electron chi connectivity index (χ2n) is 5.47. The molecule has 0 atom stereocenters. The van der Waals surface area contributed by atoms with E-state index >= 15 is 0 Å². The third-order valence-corrected chi connectivity index (χ3v) is 4.84. The summed E-state index contributed by atoms with van der Waals surface area (Å²) >= 11 is 1.62. The van der Waals surface area contributed by atoms with Crippen molar-refractivity contribution in [2.45, 2.75) is 30.0 Å². The van der Waals surface area contributed by atoms with E-state index in [0.29, 0.717) is 0 Å². The molecule has 1 aromatic heterocycles. The summed E-state index contributed by atoms with van der Waals surface area (Å²) in [5.41, 5.74) is 1.16. The average molecular weight is 330 g/mol. The zero-order valence-electron chi connectivity index (χ0n) is 12.7. The Hall–Kier alpha value is -2.15. The fourth-order valence-corrected chi connectivity index (χ4v) is 3.39. The summed E-state index contributed by atoms with van der Waals surface area (Å²) in [6.45, 7) is 2.12. The number of benzene rings is 1. The molecule has 0 saturated carbocycles. The van der Waals surface area contributed by atoms with Crippen molar-refractivity contribution in [3.8, 4) is 0 Å². The van der Waals surface area contributed by atoms with Crippen LogP contribution < -0.4 is 4.90 Å². The first-order chi connectivity index (χ1) is 11.2. The molecule has 6 nitrogen and oxygen atoms in total. The lowest BCUT2D eigenvalue weighted by atomic mass is 10.1. The number of hydrogen-bond donors (Lipinski definition) is 0. The zero-order valence-corrected chi connectivity index (χ0v) is 13.5. The number of nitro groups is 1. The van der Waals surface area contributed by atoms with E-state index in [4.69, 9.17) is 0 Å². The Bertz CT molecular complexity index is 672. The van der Waals surface area contributed by atoms with E-state index in [1.54, 1.807) is 30.2 Å². The first-order valence-electron chi connectivity index (χ1n) is 7.65. The normalized spacial score (nSPS) is 14.7. The number of thioether (sulfide) groups is 1. The molecule has 1 saturated heterocycles. The quantitative estimate of drug-likeness (QED) is 0.360. The number of piperidine rings is 1. The lowest BCUT2D eigenvalue weighted by molar-refractivity contribution is -0.384. The summed E-state index contributed by atoms with van der Waals surface area (Å²) < 4.78 is 0. The average Bonchev–Trinajstić information content (AvgIpc) is 2.61. The predicted molar refractivity (Wildman–Crippen MR) is 90.8 cm³/mol. The summed E-state index contributed by atoms with van der Waals surface area (Å²) in [5, 5.41) is 11.6. The number of anilines is 1. The Kier molecular flexibility index (Phi) is 5.07. The van der Waals surface area contributed by atoms with Gasteiger partial charge in [0.05, 0.1) is 4.92 Å². The van der Waals surface area contributed by atoms with E-state index in [1.807, 2.05) is 6.07 Å². The van der Waals surface area contributed by atoms with Crippen LogP contribution in [0.5, 0.6) is 0 Å². The molecule has 0 bridgehead atoms. The lowest BCUT2D eigenvalue weighted by Gasteiger charge is -2.27. The SMILES string of the molecule is O=[N+]([O-])c1ccc(CSc2cc(N3CCCCC3)ncn2)cc1. The van der Waals surface area contributed by atoms with Crippen molar-refractivity contribution in [1.29, 1.82) is 0 Å². The molecule has 3 rings (SSSR count). The van der Waals surface area contributed by atoms with Gasteiger partial charge in [-0.25, -0.2) is 9.97 Å². The van der Waals surface area contributed by atoms with Crippen molar-refractivity contribution < 1.29 is 4.92 Å². The van der Waals surface area contributed by atoms with Crippen molar-refractivity contribution >= 4 is 23.3 Å². The van der Waals surface area contributed by atoms with E-state index in [9.17, 15) is 10.1 Å². The number of rotatable bonds is 5. The van der Waals surface area contributed by atoms with E-state index in [-0.39, 0.29) is 10.6 Å². The molecule has 1 aromatic carbocycles. The van der Waals surface area contributed by atoms with Crippen LogP contribution in [-0.2, 0) is 5.75 Å². The highest BCUT2D eigenvalue weighted by Crippen LogP contribution is 2.25. The van der Waals surface area contributed by atoms with Crippen molar-refractivity contribution in [3.05, 3.63) is 52.3 Å². The van der Waals surface area contributed by atoms with Gasteiger partial charge in [-0.05, 0) is 24.8 Å². The topological polar surface area (TPSA) is 72.2 Å². The van der Waals surface area contributed by atoms with Crippen molar-refractivity contribution in [1.82, 2.24) is 9.97 Å². The number of nitrogens with zero attached hydrogens (tertiary/aromatic N) is 4. The van der Waals surface area contributed by atoms with Gasteiger partial charge in [0.15, 0.2) is 0 Å². The van der Waals surface area contributed by atoms with Crippen molar-refractivity contribution in [2.24, 2.45) is 0 Å². The Morgan fingerprint density at radius 1 is 1.13 bits per heavy atom. The summed E-state index contributed by atoms with van der Waals surface area (Å²) in [6.07, 6.45) is 5.34. The summed E-state index contributed by atoms with van der Waals surface area (Å²) in [6, 6.07) is 8.68.